The van der Waals surface area contributed by atoms with Crippen molar-refractivity contribution in [1.82, 2.24) is 10.3 Å². The summed E-state index contributed by atoms with van der Waals surface area (Å²) in [6, 6.07) is 8.53. The Labute approximate surface area is 120 Å². The normalized spacial score (nSPS) is 11.4. The lowest BCUT2D eigenvalue weighted by atomic mass is 10.1. The number of ether oxygens (including phenoxy) is 1. The quantitative estimate of drug-likeness (QED) is 0.918. The summed E-state index contributed by atoms with van der Waals surface area (Å²) in [5, 5.41) is 2.98. The second-order valence-electron chi connectivity index (χ2n) is 4.50. The van der Waals surface area contributed by atoms with Crippen LogP contribution in [-0.2, 0) is 19.3 Å². The van der Waals surface area contributed by atoms with Crippen LogP contribution in [0.2, 0.25) is 0 Å². The Bertz CT molecular complexity index is 565. The molecule has 0 saturated heterocycles. The molecule has 2 aromatic rings. The van der Waals surface area contributed by atoms with Gasteiger partial charge in [0.05, 0.1) is 17.5 Å². The molecule has 0 radical (unpaired) electrons. The Kier molecular flexibility index (Phi) is 4.80. The molecule has 21 heavy (non-hydrogen) atoms. The van der Waals surface area contributed by atoms with Crippen molar-refractivity contribution in [2.24, 2.45) is 0 Å². The van der Waals surface area contributed by atoms with Crippen LogP contribution >= 0.6 is 0 Å². The zero-order valence-electron chi connectivity index (χ0n) is 11.4. The number of nitrogens with one attached hydrogen (secondary N) is 1. The molecule has 0 aliphatic heterocycles. The predicted molar refractivity (Wildman–Crippen MR) is 72.8 cm³/mol. The zero-order valence-corrected chi connectivity index (χ0v) is 11.4. The number of halogens is 3. The summed E-state index contributed by atoms with van der Waals surface area (Å²) >= 11 is 0. The van der Waals surface area contributed by atoms with Crippen LogP contribution in [0.25, 0.3) is 0 Å². The van der Waals surface area contributed by atoms with Gasteiger partial charge in [0, 0.05) is 6.54 Å². The molecule has 1 aromatic carbocycles. The Morgan fingerprint density at radius 1 is 1.10 bits per heavy atom. The van der Waals surface area contributed by atoms with E-state index in [4.69, 9.17) is 4.74 Å². The van der Waals surface area contributed by atoms with E-state index in [9.17, 15) is 13.2 Å². The molecule has 2 rings (SSSR count). The van der Waals surface area contributed by atoms with Gasteiger partial charge in [-0.15, -0.1) is 0 Å². The first-order chi connectivity index (χ1) is 9.99. The fourth-order valence-electron chi connectivity index (χ4n) is 1.74. The lowest BCUT2D eigenvalue weighted by Gasteiger charge is -2.09. The lowest BCUT2D eigenvalue weighted by molar-refractivity contribution is -0.137. The molecule has 0 aliphatic rings. The minimum atomic E-state index is -4.31. The van der Waals surface area contributed by atoms with Crippen molar-refractivity contribution < 1.29 is 17.9 Å². The zero-order chi connectivity index (χ0) is 15.3. The van der Waals surface area contributed by atoms with E-state index in [1.807, 2.05) is 13.1 Å². The molecule has 0 atom stereocenters. The standard InChI is InChI=1S/C15H15F3N2O/c1-19-8-13-6-7-14(9-20-13)21-10-11-2-4-12(5-3-11)15(16,17)18/h2-7,9,19H,8,10H2,1H3. The molecule has 1 aromatic heterocycles. The van der Waals surface area contributed by atoms with Crippen LogP contribution in [0, 0.1) is 0 Å². The first kappa shape index (κ1) is 15.3. The van der Waals surface area contributed by atoms with E-state index in [1.165, 1.54) is 12.1 Å². The summed E-state index contributed by atoms with van der Waals surface area (Å²) in [7, 11) is 1.83. The largest absolute Gasteiger partial charge is 0.487 e. The summed E-state index contributed by atoms with van der Waals surface area (Å²) in [6.07, 6.45) is -2.72. The van der Waals surface area contributed by atoms with Crippen LogP contribution < -0.4 is 10.1 Å². The van der Waals surface area contributed by atoms with Crippen molar-refractivity contribution in [1.29, 1.82) is 0 Å². The lowest BCUT2D eigenvalue weighted by Crippen LogP contribution is -2.07. The fourth-order valence-corrected chi connectivity index (χ4v) is 1.74. The van der Waals surface area contributed by atoms with E-state index < -0.39 is 11.7 Å². The van der Waals surface area contributed by atoms with E-state index in [1.54, 1.807) is 12.3 Å². The number of benzene rings is 1. The van der Waals surface area contributed by atoms with Gasteiger partial charge in [0.25, 0.3) is 0 Å². The third-order valence-electron chi connectivity index (χ3n) is 2.84. The minimum Gasteiger partial charge on any atom is -0.487 e. The second kappa shape index (κ2) is 6.58. The average molecular weight is 296 g/mol. The van der Waals surface area contributed by atoms with Crippen LogP contribution in [0.4, 0.5) is 13.2 Å². The maximum Gasteiger partial charge on any atom is 0.416 e. The average Bonchev–Trinajstić information content (AvgIpc) is 2.46. The van der Waals surface area contributed by atoms with Crippen molar-refractivity contribution in [3.8, 4) is 5.75 Å². The minimum absolute atomic E-state index is 0.200. The monoisotopic (exact) mass is 296 g/mol. The molecule has 0 bridgehead atoms. The van der Waals surface area contributed by atoms with E-state index in [0.717, 1.165) is 17.8 Å². The van der Waals surface area contributed by atoms with E-state index in [0.29, 0.717) is 17.9 Å². The highest BCUT2D eigenvalue weighted by Gasteiger charge is 2.29. The molecule has 112 valence electrons. The van der Waals surface area contributed by atoms with Crippen molar-refractivity contribution in [2.75, 3.05) is 7.05 Å². The van der Waals surface area contributed by atoms with Crippen molar-refractivity contribution in [3.05, 3.63) is 59.4 Å². The number of hydrogen-bond acceptors (Lipinski definition) is 3. The Balaban J connectivity index is 1.93. The first-order valence-electron chi connectivity index (χ1n) is 6.37. The Morgan fingerprint density at radius 2 is 1.81 bits per heavy atom. The molecule has 0 spiro atoms. The summed E-state index contributed by atoms with van der Waals surface area (Å²) in [6.45, 7) is 0.865. The van der Waals surface area contributed by atoms with Gasteiger partial charge in [0.1, 0.15) is 12.4 Å². The summed E-state index contributed by atoms with van der Waals surface area (Å²) in [4.78, 5) is 4.19. The molecular weight excluding hydrogens is 281 g/mol. The van der Waals surface area contributed by atoms with Gasteiger partial charge in [-0.05, 0) is 36.9 Å². The Hall–Kier alpha value is -2.08. The van der Waals surface area contributed by atoms with E-state index in [-0.39, 0.29) is 6.61 Å². The fraction of sp³-hybridized carbons (Fsp3) is 0.267. The number of alkyl halides is 3. The van der Waals surface area contributed by atoms with Gasteiger partial charge in [0.15, 0.2) is 0 Å². The smallest absolute Gasteiger partial charge is 0.416 e. The third-order valence-corrected chi connectivity index (χ3v) is 2.84. The van der Waals surface area contributed by atoms with Gasteiger partial charge in [0.2, 0.25) is 0 Å². The molecule has 3 nitrogen and oxygen atoms in total. The van der Waals surface area contributed by atoms with Gasteiger partial charge >= 0.3 is 6.18 Å². The summed E-state index contributed by atoms with van der Waals surface area (Å²) in [5.74, 6) is 0.578. The second-order valence-corrected chi connectivity index (χ2v) is 4.50. The molecule has 0 saturated carbocycles. The first-order valence-corrected chi connectivity index (χ1v) is 6.37. The number of pyridine rings is 1. The van der Waals surface area contributed by atoms with Crippen LogP contribution in [0.1, 0.15) is 16.8 Å². The number of rotatable bonds is 5. The molecular formula is C15H15F3N2O. The van der Waals surface area contributed by atoms with E-state index in [2.05, 4.69) is 10.3 Å². The molecule has 1 N–H and O–H groups in total. The maximum absolute atomic E-state index is 12.4. The van der Waals surface area contributed by atoms with Gasteiger partial charge in [-0.2, -0.15) is 13.2 Å². The van der Waals surface area contributed by atoms with Crippen molar-refractivity contribution >= 4 is 0 Å². The van der Waals surface area contributed by atoms with Gasteiger partial charge in [-0.1, -0.05) is 12.1 Å². The maximum atomic E-state index is 12.4. The summed E-state index contributed by atoms with van der Waals surface area (Å²) < 4.78 is 42.8. The van der Waals surface area contributed by atoms with Gasteiger partial charge in [-0.25, -0.2) is 0 Å². The number of nitrogens with zero attached hydrogens (tertiary/aromatic N) is 1. The van der Waals surface area contributed by atoms with Gasteiger partial charge in [-0.3, -0.25) is 4.98 Å². The van der Waals surface area contributed by atoms with Crippen molar-refractivity contribution in [2.45, 2.75) is 19.3 Å². The molecule has 0 amide bonds. The molecule has 6 heteroatoms. The highest BCUT2D eigenvalue weighted by Crippen LogP contribution is 2.29. The molecule has 0 unspecified atom stereocenters. The van der Waals surface area contributed by atoms with Gasteiger partial charge < -0.3 is 10.1 Å². The van der Waals surface area contributed by atoms with Crippen LogP contribution in [0.5, 0.6) is 5.75 Å². The predicted octanol–water partition coefficient (Wildman–Crippen LogP) is 3.40. The number of hydrogen-bond donors (Lipinski definition) is 1. The summed E-state index contributed by atoms with van der Waals surface area (Å²) in [5.41, 5.74) is 0.894. The highest BCUT2D eigenvalue weighted by atomic mass is 19.4. The van der Waals surface area contributed by atoms with Crippen molar-refractivity contribution in [3.63, 3.8) is 0 Å². The van der Waals surface area contributed by atoms with Crippen LogP contribution in [-0.4, -0.2) is 12.0 Å². The van der Waals surface area contributed by atoms with Crippen LogP contribution in [0.15, 0.2) is 42.6 Å². The Morgan fingerprint density at radius 3 is 2.33 bits per heavy atom. The SMILES string of the molecule is CNCc1ccc(OCc2ccc(C(F)(F)F)cc2)cn1. The third kappa shape index (κ3) is 4.46. The van der Waals surface area contributed by atoms with Crippen LogP contribution in [0.3, 0.4) is 0 Å². The highest BCUT2D eigenvalue weighted by molar-refractivity contribution is 5.25. The molecule has 0 aliphatic carbocycles. The molecule has 0 fully saturated rings. The number of aromatic nitrogens is 1. The van der Waals surface area contributed by atoms with E-state index >= 15 is 0 Å². The molecule has 1 heterocycles. The topological polar surface area (TPSA) is 34.1 Å².